The molecular formula is C10H7NO. The summed E-state index contributed by atoms with van der Waals surface area (Å²) in [6.07, 6.45) is 0.677. The Morgan fingerprint density at radius 3 is 2.92 bits per heavy atom. The molecule has 0 amide bonds. The molecule has 0 heterocycles. The van der Waals surface area contributed by atoms with Crippen molar-refractivity contribution >= 4 is 11.9 Å². The van der Waals surface area contributed by atoms with Gasteiger partial charge in [-0.1, -0.05) is 18.7 Å². The zero-order valence-electron chi connectivity index (χ0n) is 6.45. The predicted molar refractivity (Wildman–Crippen MR) is 46.3 cm³/mol. The van der Waals surface area contributed by atoms with Gasteiger partial charge in [-0.05, 0) is 17.7 Å². The number of hydrogen-bond acceptors (Lipinski definition) is 2. The van der Waals surface area contributed by atoms with Crippen LogP contribution in [0.4, 0.5) is 0 Å². The van der Waals surface area contributed by atoms with Gasteiger partial charge >= 0.3 is 0 Å². The number of allylic oxidation sites excluding steroid dienone is 1. The van der Waals surface area contributed by atoms with Crippen LogP contribution >= 0.6 is 0 Å². The molecule has 12 heavy (non-hydrogen) atoms. The molecule has 0 aliphatic carbocycles. The number of carbonyl (C=O) groups excluding carboxylic acids is 1. The summed E-state index contributed by atoms with van der Waals surface area (Å²) in [6.45, 7) is 3.54. The summed E-state index contributed by atoms with van der Waals surface area (Å²) >= 11 is 0. The number of rotatable bonds is 2. The summed E-state index contributed by atoms with van der Waals surface area (Å²) in [4.78, 5) is 10.3. The van der Waals surface area contributed by atoms with Gasteiger partial charge in [0.15, 0.2) is 0 Å². The van der Waals surface area contributed by atoms with Gasteiger partial charge in [-0.25, -0.2) is 0 Å². The Bertz CT molecular complexity index is 360. The molecule has 0 radical (unpaired) electrons. The van der Waals surface area contributed by atoms with Gasteiger partial charge in [-0.2, -0.15) is 5.26 Å². The maximum absolute atomic E-state index is 10.3. The van der Waals surface area contributed by atoms with Gasteiger partial charge < -0.3 is 0 Å². The second kappa shape index (κ2) is 3.49. The summed E-state index contributed by atoms with van der Waals surface area (Å²) in [5, 5.41) is 8.55. The van der Waals surface area contributed by atoms with Gasteiger partial charge in [0.05, 0.1) is 11.6 Å². The molecular weight excluding hydrogens is 150 g/mol. The number of nitrogens with zero attached hydrogens (tertiary/aromatic N) is 1. The first-order chi connectivity index (χ1) is 5.77. The van der Waals surface area contributed by atoms with Crippen LogP contribution in [0.1, 0.15) is 11.1 Å². The lowest BCUT2D eigenvalue weighted by molar-refractivity contribution is -0.103. The Morgan fingerprint density at radius 2 is 2.33 bits per heavy atom. The number of aldehydes is 1. The third-order valence-electron chi connectivity index (χ3n) is 1.50. The van der Waals surface area contributed by atoms with E-state index in [0.717, 1.165) is 0 Å². The van der Waals surface area contributed by atoms with Crippen molar-refractivity contribution < 1.29 is 4.79 Å². The Balaban J connectivity index is 3.11. The molecule has 1 aromatic carbocycles. The van der Waals surface area contributed by atoms with Crippen LogP contribution in [0.5, 0.6) is 0 Å². The van der Waals surface area contributed by atoms with Crippen LogP contribution in [0.15, 0.2) is 30.8 Å². The van der Waals surface area contributed by atoms with E-state index >= 15 is 0 Å². The third kappa shape index (κ3) is 1.58. The Hall–Kier alpha value is -1.88. The zero-order valence-corrected chi connectivity index (χ0v) is 6.45. The normalized spacial score (nSPS) is 8.58. The minimum absolute atomic E-state index is 0.395. The molecule has 0 aliphatic rings. The van der Waals surface area contributed by atoms with Crippen molar-refractivity contribution in [3.05, 3.63) is 42.0 Å². The molecule has 0 atom stereocenters. The topological polar surface area (TPSA) is 40.9 Å². The smallest absolute Gasteiger partial charge is 0.150 e. The van der Waals surface area contributed by atoms with Crippen molar-refractivity contribution in [2.45, 2.75) is 0 Å². The number of carbonyl (C=O) groups is 1. The quantitative estimate of drug-likeness (QED) is 0.485. The number of nitriles is 1. The van der Waals surface area contributed by atoms with Crippen molar-refractivity contribution in [1.82, 2.24) is 0 Å². The third-order valence-corrected chi connectivity index (χ3v) is 1.50. The van der Waals surface area contributed by atoms with Crippen LogP contribution in [0.25, 0.3) is 5.57 Å². The van der Waals surface area contributed by atoms with E-state index in [1.165, 1.54) is 0 Å². The second-order valence-electron chi connectivity index (χ2n) is 2.34. The molecule has 0 aromatic heterocycles. The highest BCUT2D eigenvalue weighted by atomic mass is 16.1. The molecule has 0 unspecified atom stereocenters. The molecule has 0 bridgehead atoms. The fraction of sp³-hybridized carbons (Fsp3) is 0. The van der Waals surface area contributed by atoms with E-state index < -0.39 is 0 Å². The molecule has 58 valence electrons. The largest absolute Gasteiger partial charge is 0.298 e. The monoisotopic (exact) mass is 157 g/mol. The second-order valence-corrected chi connectivity index (χ2v) is 2.34. The van der Waals surface area contributed by atoms with Gasteiger partial charge in [0.2, 0.25) is 0 Å². The molecule has 0 saturated heterocycles. The molecule has 1 aromatic rings. The highest BCUT2D eigenvalue weighted by Gasteiger charge is 1.97. The van der Waals surface area contributed by atoms with Crippen molar-refractivity contribution in [2.24, 2.45) is 0 Å². The fourth-order valence-corrected chi connectivity index (χ4v) is 0.857. The summed E-state index contributed by atoms with van der Waals surface area (Å²) in [7, 11) is 0. The minimum Gasteiger partial charge on any atom is -0.298 e. The molecule has 2 heteroatoms. The molecule has 0 spiro atoms. The average Bonchev–Trinajstić information content (AvgIpc) is 2.17. The van der Waals surface area contributed by atoms with Crippen molar-refractivity contribution in [3.8, 4) is 6.07 Å². The van der Waals surface area contributed by atoms with E-state index in [-0.39, 0.29) is 0 Å². The summed E-state index contributed by atoms with van der Waals surface area (Å²) in [5.41, 5.74) is 1.63. The predicted octanol–water partition coefficient (Wildman–Crippen LogP) is 1.77. The van der Waals surface area contributed by atoms with Gasteiger partial charge in [-0.3, -0.25) is 4.79 Å². The van der Waals surface area contributed by atoms with Gasteiger partial charge in [0.25, 0.3) is 0 Å². The maximum atomic E-state index is 10.3. The Labute approximate surface area is 70.8 Å². The lowest BCUT2D eigenvalue weighted by atomic mass is 10.1. The van der Waals surface area contributed by atoms with E-state index in [2.05, 4.69) is 6.58 Å². The summed E-state index contributed by atoms with van der Waals surface area (Å²) in [5.74, 6) is 0. The van der Waals surface area contributed by atoms with Crippen LogP contribution < -0.4 is 0 Å². The fourth-order valence-electron chi connectivity index (χ4n) is 0.857. The molecule has 2 nitrogen and oxygen atoms in total. The first-order valence-corrected chi connectivity index (χ1v) is 3.42. The Morgan fingerprint density at radius 1 is 1.58 bits per heavy atom. The SMILES string of the molecule is C=C(C=O)c1cccc(C#N)c1. The number of benzene rings is 1. The van der Waals surface area contributed by atoms with Gasteiger partial charge in [0, 0.05) is 5.57 Å². The highest BCUT2D eigenvalue weighted by Crippen LogP contribution is 2.11. The van der Waals surface area contributed by atoms with Crippen molar-refractivity contribution in [1.29, 1.82) is 5.26 Å². The van der Waals surface area contributed by atoms with E-state index in [9.17, 15) is 4.79 Å². The van der Waals surface area contributed by atoms with Crippen molar-refractivity contribution in [2.75, 3.05) is 0 Å². The van der Waals surface area contributed by atoms with E-state index in [4.69, 9.17) is 5.26 Å². The Kier molecular flexibility index (Phi) is 2.39. The summed E-state index contributed by atoms with van der Waals surface area (Å²) < 4.78 is 0. The minimum atomic E-state index is 0.395. The lowest BCUT2D eigenvalue weighted by Gasteiger charge is -1.96. The highest BCUT2D eigenvalue weighted by molar-refractivity contribution is 6.05. The lowest BCUT2D eigenvalue weighted by Crippen LogP contribution is -1.84. The van der Waals surface area contributed by atoms with Crippen molar-refractivity contribution in [3.63, 3.8) is 0 Å². The maximum Gasteiger partial charge on any atom is 0.150 e. The van der Waals surface area contributed by atoms with Crippen LogP contribution in [0.3, 0.4) is 0 Å². The standard InChI is InChI=1S/C10H7NO/c1-8(7-12)10-4-2-3-9(5-10)6-11/h2-5,7H,1H2. The first-order valence-electron chi connectivity index (χ1n) is 3.42. The molecule has 0 N–H and O–H groups in total. The van der Waals surface area contributed by atoms with Gasteiger partial charge in [0.1, 0.15) is 6.29 Å². The molecule has 0 aliphatic heterocycles. The van der Waals surface area contributed by atoms with E-state index in [0.29, 0.717) is 23.0 Å². The van der Waals surface area contributed by atoms with Crippen LogP contribution in [-0.2, 0) is 4.79 Å². The first kappa shape index (κ1) is 8.22. The van der Waals surface area contributed by atoms with E-state index in [1.807, 2.05) is 6.07 Å². The van der Waals surface area contributed by atoms with Crippen LogP contribution in [0, 0.1) is 11.3 Å². The molecule has 0 saturated carbocycles. The molecule has 1 rings (SSSR count). The average molecular weight is 157 g/mol. The zero-order chi connectivity index (χ0) is 8.97. The van der Waals surface area contributed by atoms with Crippen LogP contribution in [-0.4, -0.2) is 6.29 Å². The summed E-state index contributed by atoms with van der Waals surface area (Å²) in [6, 6.07) is 8.78. The molecule has 0 fully saturated rings. The van der Waals surface area contributed by atoms with Crippen LogP contribution in [0.2, 0.25) is 0 Å². The van der Waals surface area contributed by atoms with Gasteiger partial charge in [-0.15, -0.1) is 0 Å². The number of hydrogen-bond donors (Lipinski definition) is 0. The van der Waals surface area contributed by atoms with E-state index in [1.54, 1.807) is 24.3 Å².